The molecule has 4 aromatic rings. The van der Waals surface area contributed by atoms with E-state index in [4.69, 9.17) is 15.5 Å². The summed E-state index contributed by atoms with van der Waals surface area (Å²) >= 11 is 1.63. The van der Waals surface area contributed by atoms with Gasteiger partial charge in [-0.3, -0.25) is 0 Å². The lowest BCUT2D eigenvalue weighted by Crippen LogP contribution is -2.11. The Labute approximate surface area is 165 Å². The van der Waals surface area contributed by atoms with E-state index in [1.165, 1.54) is 7.11 Å². The second-order valence-electron chi connectivity index (χ2n) is 6.27. The number of nitrogen functional groups attached to an aromatic ring is 1. The van der Waals surface area contributed by atoms with Crippen LogP contribution in [0.2, 0.25) is 0 Å². The van der Waals surface area contributed by atoms with Gasteiger partial charge in [0.1, 0.15) is 11.1 Å². The van der Waals surface area contributed by atoms with Crippen LogP contribution in [-0.4, -0.2) is 22.6 Å². The van der Waals surface area contributed by atoms with Gasteiger partial charge in [0, 0.05) is 17.4 Å². The summed E-state index contributed by atoms with van der Waals surface area (Å²) in [6, 6.07) is 15.9. The fourth-order valence-electron chi connectivity index (χ4n) is 3.16. The molecule has 0 saturated carbocycles. The maximum absolute atomic E-state index is 12.2. The van der Waals surface area contributed by atoms with Gasteiger partial charge in [-0.15, -0.1) is 11.3 Å². The molecule has 138 valence electrons. The number of thiazole rings is 1. The van der Waals surface area contributed by atoms with Gasteiger partial charge in [-0.1, -0.05) is 12.1 Å². The topological polar surface area (TPSA) is 93.9 Å². The lowest BCUT2D eigenvalue weighted by atomic mass is 10.1. The summed E-state index contributed by atoms with van der Waals surface area (Å²) in [4.78, 5) is 16.9. The molecule has 0 aliphatic rings. The number of nitriles is 1. The first kappa shape index (κ1) is 17.8. The van der Waals surface area contributed by atoms with Crippen LogP contribution in [0.1, 0.15) is 21.6 Å². The fraction of sp³-hybridized carbons (Fsp3) is 0.0952. The molecule has 0 spiro atoms. The highest BCUT2D eigenvalue weighted by molar-refractivity contribution is 7.21. The normalized spacial score (nSPS) is 10.8. The lowest BCUT2D eigenvalue weighted by molar-refractivity contribution is 0.0593. The van der Waals surface area contributed by atoms with Crippen LogP contribution in [0.4, 0.5) is 5.69 Å². The smallest absolute Gasteiger partial charge is 0.357 e. The van der Waals surface area contributed by atoms with Gasteiger partial charge in [0.25, 0.3) is 0 Å². The number of methoxy groups -OCH3 is 1. The zero-order valence-electron chi connectivity index (χ0n) is 15.3. The van der Waals surface area contributed by atoms with Crippen molar-refractivity contribution in [3.8, 4) is 22.3 Å². The number of hydrogen-bond acceptors (Lipinski definition) is 6. The van der Waals surface area contributed by atoms with Crippen LogP contribution in [0.5, 0.6) is 0 Å². The summed E-state index contributed by atoms with van der Waals surface area (Å²) in [5.41, 5.74) is 10.1. The van der Waals surface area contributed by atoms with E-state index in [0.717, 1.165) is 32.0 Å². The lowest BCUT2D eigenvalue weighted by Gasteiger charge is -2.12. The summed E-state index contributed by atoms with van der Waals surface area (Å²) < 4.78 is 7.58. The Bertz CT molecular complexity index is 1230. The van der Waals surface area contributed by atoms with Crippen molar-refractivity contribution in [1.29, 1.82) is 5.26 Å². The van der Waals surface area contributed by atoms with Crippen molar-refractivity contribution in [2.45, 2.75) is 6.92 Å². The number of nitrogens with two attached hydrogens (primary N) is 1. The number of anilines is 1. The molecule has 2 aromatic heterocycles. The largest absolute Gasteiger partial charge is 0.464 e. The number of ether oxygens (including phenoxy) is 1. The second-order valence-corrected chi connectivity index (χ2v) is 7.30. The van der Waals surface area contributed by atoms with Crippen LogP contribution < -0.4 is 5.73 Å². The molecule has 4 rings (SSSR count). The van der Waals surface area contributed by atoms with Gasteiger partial charge in [0.15, 0.2) is 5.69 Å². The molecule has 2 N–H and O–H groups in total. The molecule has 0 aliphatic heterocycles. The number of aryl methyl sites for hydroxylation is 1. The number of rotatable bonds is 3. The van der Waals surface area contributed by atoms with Crippen molar-refractivity contribution in [2.24, 2.45) is 0 Å². The van der Waals surface area contributed by atoms with Crippen LogP contribution in [0.3, 0.4) is 0 Å². The van der Waals surface area contributed by atoms with Crippen molar-refractivity contribution in [2.75, 3.05) is 12.8 Å². The summed E-state index contributed by atoms with van der Waals surface area (Å²) in [6.07, 6.45) is 1.56. The quantitative estimate of drug-likeness (QED) is 0.528. The number of para-hydroxylation sites is 1. The molecule has 0 atom stereocenters. The van der Waals surface area contributed by atoms with Crippen molar-refractivity contribution >= 4 is 33.2 Å². The summed E-state index contributed by atoms with van der Waals surface area (Å²) in [6.45, 7) is 1.94. The van der Waals surface area contributed by atoms with E-state index < -0.39 is 5.97 Å². The molecule has 0 unspecified atom stereocenters. The number of carbonyl (C=O) groups excluding carboxylic acids is 1. The number of fused-ring (bicyclic) bond motifs is 1. The van der Waals surface area contributed by atoms with E-state index in [1.54, 1.807) is 22.1 Å². The number of hydrogen-bond donors (Lipinski definition) is 1. The van der Waals surface area contributed by atoms with Crippen LogP contribution in [0.25, 0.3) is 26.5 Å². The Morgan fingerprint density at radius 2 is 2.07 bits per heavy atom. The summed E-state index contributed by atoms with van der Waals surface area (Å²) in [7, 11) is 1.29. The molecule has 2 aromatic carbocycles. The molecule has 0 amide bonds. The zero-order valence-corrected chi connectivity index (χ0v) is 16.1. The van der Waals surface area contributed by atoms with Crippen molar-refractivity contribution in [3.05, 3.63) is 65.5 Å². The monoisotopic (exact) mass is 388 g/mol. The van der Waals surface area contributed by atoms with E-state index in [-0.39, 0.29) is 16.9 Å². The van der Waals surface area contributed by atoms with Crippen molar-refractivity contribution in [1.82, 2.24) is 9.55 Å². The van der Waals surface area contributed by atoms with Gasteiger partial charge in [0.2, 0.25) is 0 Å². The average Bonchev–Trinajstić information content (AvgIpc) is 3.28. The van der Waals surface area contributed by atoms with Gasteiger partial charge in [-0.25, -0.2) is 9.78 Å². The standard InChI is InChI=1S/C21H16N4O2S/c1-12-9-13(20-24-15-5-3-4-6-17(15)28-20)7-8-16(12)25-11-14(10-22)18(23)19(25)21(26)27-2/h3-9,11H,23H2,1-2H3. The maximum atomic E-state index is 12.2. The minimum Gasteiger partial charge on any atom is -0.464 e. The molecule has 0 fully saturated rings. The first-order chi connectivity index (χ1) is 13.5. The molecular weight excluding hydrogens is 372 g/mol. The van der Waals surface area contributed by atoms with Gasteiger partial charge in [0.05, 0.1) is 28.6 Å². The highest BCUT2D eigenvalue weighted by Crippen LogP contribution is 2.33. The summed E-state index contributed by atoms with van der Waals surface area (Å²) in [5.74, 6) is -0.589. The molecule has 0 bridgehead atoms. The highest BCUT2D eigenvalue weighted by Gasteiger charge is 2.22. The molecule has 0 aliphatic carbocycles. The van der Waals surface area contributed by atoms with E-state index in [1.807, 2.05) is 55.5 Å². The molecule has 2 heterocycles. The molecule has 0 radical (unpaired) electrons. The van der Waals surface area contributed by atoms with Gasteiger partial charge < -0.3 is 15.0 Å². The van der Waals surface area contributed by atoms with E-state index in [0.29, 0.717) is 0 Å². The highest BCUT2D eigenvalue weighted by atomic mass is 32.1. The third-order valence-electron chi connectivity index (χ3n) is 4.54. The third-order valence-corrected chi connectivity index (χ3v) is 5.63. The van der Waals surface area contributed by atoms with E-state index in [2.05, 4.69) is 0 Å². The van der Waals surface area contributed by atoms with E-state index in [9.17, 15) is 10.1 Å². The Hall–Kier alpha value is -3.63. The predicted molar refractivity (Wildman–Crippen MR) is 110 cm³/mol. The Balaban J connectivity index is 1.83. The van der Waals surface area contributed by atoms with E-state index >= 15 is 0 Å². The van der Waals surface area contributed by atoms with Crippen molar-refractivity contribution in [3.63, 3.8) is 0 Å². The SMILES string of the molecule is COC(=O)c1c(N)c(C#N)cn1-c1ccc(-c2nc3ccccc3s2)cc1C. The van der Waals surface area contributed by atoms with Crippen LogP contribution in [0, 0.1) is 18.3 Å². The number of carbonyl (C=O) groups is 1. The second kappa shape index (κ2) is 6.83. The Kier molecular flexibility index (Phi) is 4.34. The number of benzene rings is 2. The predicted octanol–water partition coefficient (Wildman–Crippen LogP) is 4.30. The fourth-order valence-corrected chi connectivity index (χ4v) is 4.12. The van der Waals surface area contributed by atoms with Gasteiger partial charge in [-0.2, -0.15) is 5.26 Å². The summed E-state index contributed by atoms with van der Waals surface area (Å²) in [5, 5.41) is 10.2. The minimum absolute atomic E-state index is 0.115. The molecule has 0 saturated heterocycles. The Morgan fingerprint density at radius 3 is 2.75 bits per heavy atom. The minimum atomic E-state index is -0.589. The molecule has 6 nitrogen and oxygen atoms in total. The number of nitrogens with zero attached hydrogens (tertiary/aromatic N) is 3. The van der Waals surface area contributed by atoms with Crippen LogP contribution >= 0.6 is 11.3 Å². The molecule has 7 heteroatoms. The third kappa shape index (κ3) is 2.80. The van der Waals surface area contributed by atoms with Crippen molar-refractivity contribution < 1.29 is 9.53 Å². The average molecular weight is 388 g/mol. The van der Waals surface area contributed by atoms with Gasteiger partial charge >= 0.3 is 5.97 Å². The van der Waals surface area contributed by atoms with Crippen LogP contribution in [0.15, 0.2) is 48.7 Å². The number of esters is 1. The first-order valence-corrected chi connectivity index (χ1v) is 9.31. The molecule has 28 heavy (non-hydrogen) atoms. The molecular formula is C21H16N4O2S. The zero-order chi connectivity index (χ0) is 19.8. The van der Waals surface area contributed by atoms with Gasteiger partial charge in [-0.05, 0) is 42.8 Å². The first-order valence-electron chi connectivity index (χ1n) is 8.49. The number of aromatic nitrogens is 2. The Morgan fingerprint density at radius 1 is 1.29 bits per heavy atom. The van der Waals surface area contributed by atoms with Crippen LogP contribution in [-0.2, 0) is 4.74 Å². The maximum Gasteiger partial charge on any atom is 0.357 e.